The lowest BCUT2D eigenvalue weighted by molar-refractivity contribution is -0.112. The molecule has 1 aliphatic rings. The molecule has 1 aromatic carbocycles. The molecule has 0 saturated carbocycles. The molecule has 0 radical (unpaired) electrons. The summed E-state index contributed by atoms with van der Waals surface area (Å²) in [5, 5.41) is 12.4. The molecule has 0 atom stereocenters. The number of amides is 1. The van der Waals surface area contributed by atoms with Crippen LogP contribution in [0, 0.1) is 11.3 Å². The number of carbonyl (C=O) groups is 1. The van der Waals surface area contributed by atoms with Crippen LogP contribution in [0.25, 0.3) is 0 Å². The number of anilines is 1. The molecular weight excluding hydrogens is 314 g/mol. The Bertz CT molecular complexity index is 629. The number of nitrogens with zero attached hydrogens (tertiary/aromatic N) is 2. The zero-order valence-electron chi connectivity index (χ0n) is 13.1. The SMILES string of the molecule is COc1ccc(NC(=O)/C(C#N)=C\N2CCCCCC2)cc1Cl. The third-order valence-electron chi connectivity index (χ3n) is 3.73. The van der Waals surface area contributed by atoms with Crippen molar-refractivity contribution in [3.63, 3.8) is 0 Å². The lowest BCUT2D eigenvalue weighted by atomic mass is 10.2. The summed E-state index contributed by atoms with van der Waals surface area (Å²) < 4.78 is 5.07. The zero-order valence-corrected chi connectivity index (χ0v) is 13.9. The minimum Gasteiger partial charge on any atom is -0.495 e. The van der Waals surface area contributed by atoms with Gasteiger partial charge in [-0.1, -0.05) is 24.4 Å². The Morgan fingerprint density at radius 1 is 1.35 bits per heavy atom. The molecule has 0 spiro atoms. The van der Waals surface area contributed by atoms with Crippen molar-refractivity contribution in [2.24, 2.45) is 0 Å². The summed E-state index contributed by atoms with van der Waals surface area (Å²) in [6, 6.07) is 6.93. The maximum absolute atomic E-state index is 12.3. The first kappa shape index (κ1) is 17.2. The van der Waals surface area contributed by atoms with Crippen LogP contribution >= 0.6 is 11.6 Å². The van der Waals surface area contributed by atoms with Crippen LogP contribution in [-0.2, 0) is 4.79 Å². The molecule has 1 fully saturated rings. The highest BCUT2D eigenvalue weighted by Gasteiger charge is 2.13. The fraction of sp³-hybridized carbons (Fsp3) is 0.412. The average molecular weight is 334 g/mol. The molecule has 23 heavy (non-hydrogen) atoms. The summed E-state index contributed by atoms with van der Waals surface area (Å²) in [7, 11) is 1.52. The normalized spacial score (nSPS) is 15.5. The Morgan fingerprint density at radius 3 is 2.61 bits per heavy atom. The predicted molar refractivity (Wildman–Crippen MR) is 90.4 cm³/mol. The van der Waals surface area contributed by atoms with Crippen LogP contribution in [0.2, 0.25) is 5.02 Å². The number of rotatable bonds is 4. The van der Waals surface area contributed by atoms with Crippen molar-refractivity contribution in [2.45, 2.75) is 25.7 Å². The van der Waals surface area contributed by atoms with Crippen LogP contribution in [0.1, 0.15) is 25.7 Å². The number of likely N-dealkylation sites (tertiary alicyclic amines) is 1. The van der Waals surface area contributed by atoms with Crippen LogP contribution in [0.3, 0.4) is 0 Å². The fourth-order valence-corrected chi connectivity index (χ4v) is 2.75. The summed E-state index contributed by atoms with van der Waals surface area (Å²) in [5.74, 6) is 0.100. The van der Waals surface area contributed by atoms with Gasteiger partial charge in [-0.05, 0) is 31.0 Å². The largest absolute Gasteiger partial charge is 0.495 e. The lowest BCUT2D eigenvalue weighted by Gasteiger charge is -2.17. The standard InChI is InChI=1S/C17H20ClN3O2/c1-23-16-7-6-14(10-15(16)18)20-17(22)13(11-19)12-21-8-4-2-3-5-9-21/h6-7,10,12H,2-5,8-9H2,1H3,(H,20,22)/b13-12-. The number of nitriles is 1. The molecule has 5 nitrogen and oxygen atoms in total. The van der Waals surface area contributed by atoms with Gasteiger partial charge < -0.3 is 15.0 Å². The summed E-state index contributed by atoms with van der Waals surface area (Å²) in [6.45, 7) is 1.76. The number of ether oxygens (including phenoxy) is 1. The molecule has 1 saturated heterocycles. The van der Waals surface area contributed by atoms with Crippen LogP contribution in [-0.4, -0.2) is 31.0 Å². The molecule has 1 N–H and O–H groups in total. The topological polar surface area (TPSA) is 65.4 Å². The molecule has 122 valence electrons. The van der Waals surface area contributed by atoms with E-state index in [0.717, 1.165) is 25.9 Å². The molecule has 0 aliphatic carbocycles. The number of nitrogens with one attached hydrogen (secondary N) is 1. The number of methoxy groups -OCH3 is 1. The number of benzene rings is 1. The second-order valence-electron chi connectivity index (χ2n) is 5.41. The summed E-state index contributed by atoms with van der Waals surface area (Å²) in [4.78, 5) is 14.3. The third kappa shape index (κ3) is 4.90. The van der Waals surface area contributed by atoms with E-state index in [-0.39, 0.29) is 5.57 Å². The molecule has 1 aliphatic heterocycles. The molecule has 6 heteroatoms. The van der Waals surface area contributed by atoms with Gasteiger partial charge in [-0.3, -0.25) is 4.79 Å². The van der Waals surface area contributed by atoms with Gasteiger partial charge in [-0.2, -0.15) is 5.26 Å². The Morgan fingerprint density at radius 2 is 2.04 bits per heavy atom. The smallest absolute Gasteiger partial charge is 0.267 e. The van der Waals surface area contributed by atoms with Crippen LogP contribution in [0.4, 0.5) is 5.69 Å². The Hall–Kier alpha value is -2.19. The molecule has 1 amide bonds. The van der Waals surface area contributed by atoms with Gasteiger partial charge in [0.05, 0.1) is 12.1 Å². The number of hydrogen-bond donors (Lipinski definition) is 1. The highest BCUT2D eigenvalue weighted by molar-refractivity contribution is 6.32. The molecule has 0 bridgehead atoms. The van der Waals surface area contributed by atoms with Gasteiger partial charge in [-0.25, -0.2) is 0 Å². The van der Waals surface area contributed by atoms with Crippen LogP contribution in [0.15, 0.2) is 30.0 Å². The first-order valence-corrected chi connectivity index (χ1v) is 8.02. The minimum atomic E-state index is -0.432. The molecular formula is C17H20ClN3O2. The van der Waals surface area contributed by atoms with Crippen molar-refractivity contribution in [1.29, 1.82) is 5.26 Å². The van der Waals surface area contributed by atoms with Crippen molar-refractivity contribution in [3.8, 4) is 11.8 Å². The van der Waals surface area contributed by atoms with Gasteiger partial charge in [0.1, 0.15) is 17.4 Å². The Balaban J connectivity index is 2.07. The van der Waals surface area contributed by atoms with E-state index in [2.05, 4.69) is 5.32 Å². The van der Waals surface area contributed by atoms with E-state index in [1.807, 2.05) is 11.0 Å². The van der Waals surface area contributed by atoms with E-state index >= 15 is 0 Å². The van der Waals surface area contributed by atoms with Gasteiger partial charge in [0, 0.05) is 25.0 Å². The first-order valence-electron chi connectivity index (χ1n) is 7.65. The fourth-order valence-electron chi connectivity index (χ4n) is 2.49. The number of carbonyl (C=O) groups excluding carboxylic acids is 1. The van der Waals surface area contributed by atoms with E-state index in [4.69, 9.17) is 16.3 Å². The van der Waals surface area contributed by atoms with Crippen LogP contribution in [0.5, 0.6) is 5.75 Å². The number of hydrogen-bond acceptors (Lipinski definition) is 4. The van der Waals surface area contributed by atoms with E-state index < -0.39 is 5.91 Å². The molecule has 1 aromatic rings. The maximum atomic E-state index is 12.3. The van der Waals surface area contributed by atoms with Gasteiger partial charge in [0.25, 0.3) is 5.91 Å². The van der Waals surface area contributed by atoms with Crippen LogP contribution < -0.4 is 10.1 Å². The van der Waals surface area contributed by atoms with Crippen molar-refractivity contribution >= 4 is 23.2 Å². The summed E-state index contributed by atoms with van der Waals surface area (Å²) >= 11 is 6.04. The molecule has 0 aromatic heterocycles. The second-order valence-corrected chi connectivity index (χ2v) is 5.82. The Labute approximate surface area is 141 Å². The summed E-state index contributed by atoms with van der Waals surface area (Å²) in [6.07, 6.45) is 6.23. The average Bonchev–Trinajstić information content (AvgIpc) is 2.81. The van der Waals surface area contributed by atoms with E-state index in [0.29, 0.717) is 16.5 Å². The quantitative estimate of drug-likeness (QED) is 0.675. The van der Waals surface area contributed by atoms with Crippen molar-refractivity contribution in [3.05, 3.63) is 35.0 Å². The zero-order chi connectivity index (χ0) is 16.7. The third-order valence-corrected chi connectivity index (χ3v) is 4.02. The Kier molecular flexibility index (Phi) is 6.30. The van der Waals surface area contributed by atoms with Gasteiger partial charge >= 0.3 is 0 Å². The van der Waals surface area contributed by atoms with Gasteiger partial charge in [0.2, 0.25) is 0 Å². The highest BCUT2D eigenvalue weighted by Crippen LogP contribution is 2.27. The molecule has 2 rings (SSSR count). The van der Waals surface area contributed by atoms with Crippen molar-refractivity contribution in [2.75, 3.05) is 25.5 Å². The lowest BCUT2D eigenvalue weighted by Crippen LogP contribution is -2.22. The maximum Gasteiger partial charge on any atom is 0.267 e. The minimum absolute atomic E-state index is 0.0961. The van der Waals surface area contributed by atoms with E-state index in [1.54, 1.807) is 24.4 Å². The summed E-state index contributed by atoms with van der Waals surface area (Å²) in [5.41, 5.74) is 0.622. The van der Waals surface area contributed by atoms with E-state index in [1.165, 1.54) is 20.0 Å². The second kappa shape index (κ2) is 8.44. The van der Waals surface area contributed by atoms with Crippen molar-refractivity contribution in [1.82, 2.24) is 4.90 Å². The van der Waals surface area contributed by atoms with Gasteiger partial charge in [0.15, 0.2) is 0 Å². The predicted octanol–water partition coefficient (Wildman–Crippen LogP) is 3.57. The number of halogens is 1. The highest BCUT2D eigenvalue weighted by atomic mass is 35.5. The monoisotopic (exact) mass is 333 g/mol. The molecule has 0 unspecified atom stereocenters. The van der Waals surface area contributed by atoms with Crippen molar-refractivity contribution < 1.29 is 9.53 Å². The van der Waals surface area contributed by atoms with E-state index in [9.17, 15) is 10.1 Å². The van der Waals surface area contributed by atoms with Gasteiger partial charge in [-0.15, -0.1) is 0 Å². The molecule has 1 heterocycles. The first-order chi connectivity index (χ1) is 11.1.